The zero-order chi connectivity index (χ0) is 20.7. The number of rotatable bonds is 2. The largest absolute Gasteiger partial charge is 0.203 e. The second-order valence-electron chi connectivity index (χ2n) is 6.98. The molecule has 140 valence electrons. The van der Waals surface area contributed by atoms with Crippen molar-refractivity contribution in [3.05, 3.63) is 70.7 Å². The molecule has 0 amide bonds. The van der Waals surface area contributed by atoms with Crippen molar-refractivity contribution in [3.8, 4) is 24.3 Å². The van der Waals surface area contributed by atoms with E-state index in [0.717, 1.165) is 11.1 Å². The minimum absolute atomic E-state index is 0.0906. The quantitative estimate of drug-likeness (QED) is 0.646. The van der Waals surface area contributed by atoms with E-state index in [-0.39, 0.29) is 5.25 Å². The molecule has 3 atom stereocenters. The lowest BCUT2D eigenvalue weighted by Crippen LogP contribution is -2.57. The summed E-state index contributed by atoms with van der Waals surface area (Å²) in [6, 6.07) is 24.9. The van der Waals surface area contributed by atoms with Gasteiger partial charge in [0.25, 0.3) is 0 Å². The number of benzene rings is 2. The Morgan fingerprint density at radius 1 is 0.862 bits per heavy atom. The number of hydrogen-bond acceptors (Lipinski definition) is 6. The number of nitrogens with zero attached hydrogens (tertiary/aromatic N) is 4. The molecule has 2 aliphatic heterocycles. The van der Waals surface area contributed by atoms with Crippen LogP contribution in [0.15, 0.2) is 54.6 Å². The van der Waals surface area contributed by atoms with Crippen LogP contribution < -0.4 is 0 Å². The van der Waals surface area contributed by atoms with Gasteiger partial charge in [0.1, 0.15) is 4.08 Å². The Labute approximate surface area is 182 Å². The fourth-order valence-corrected chi connectivity index (χ4v) is 8.89. The van der Waals surface area contributed by atoms with E-state index in [1.807, 2.05) is 30.3 Å². The van der Waals surface area contributed by atoms with Gasteiger partial charge in [0.05, 0.1) is 24.3 Å². The van der Waals surface area contributed by atoms with Gasteiger partial charge in [0.2, 0.25) is 5.41 Å². The summed E-state index contributed by atoms with van der Waals surface area (Å²) in [5.41, 5.74) is -2.17. The SMILES string of the molecule is N#CC1(C#N)[C@@H](c2ccccc2)[C@H]2CS[C@@](c3ccc(Cl)cc3)(S2)C1(C#N)C#N. The van der Waals surface area contributed by atoms with Crippen LogP contribution in [0, 0.1) is 56.2 Å². The molecular weight excluding hydrogens is 420 g/mol. The molecule has 0 aliphatic carbocycles. The Hall–Kier alpha value is -2.61. The summed E-state index contributed by atoms with van der Waals surface area (Å²) in [6.07, 6.45) is 0. The van der Waals surface area contributed by atoms with Crippen LogP contribution in [0.1, 0.15) is 17.0 Å². The van der Waals surface area contributed by atoms with Crippen molar-refractivity contribution in [2.45, 2.75) is 15.2 Å². The molecule has 0 spiro atoms. The van der Waals surface area contributed by atoms with Crippen LogP contribution in [-0.4, -0.2) is 11.0 Å². The van der Waals surface area contributed by atoms with Crippen LogP contribution in [0.4, 0.5) is 0 Å². The maximum Gasteiger partial charge on any atom is 0.203 e. The number of thioether (sulfide) groups is 2. The number of hydrogen-bond donors (Lipinski definition) is 0. The first-order valence-electron chi connectivity index (χ1n) is 8.82. The normalized spacial score (nSPS) is 28.3. The van der Waals surface area contributed by atoms with Gasteiger partial charge in [-0.1, -0.05) is 54.1 Å². The predicted octanol–water partition coefficient (Wildman–Crippen LogP) is 5.21. The minimum Gasteiger partial charge on any atom is -0.196 e. The van der Waals surface area contributed by atoms with E-state index in [9.17, 15) is 21.0 Å². The van der Waals surface area contributed by atoms with Gasteiger partial charge in [-0.25, -0.2) is 0 Å². The van der Waals surface area contributed by atoms with E-state index >= 15 is 0 Å². The van der Waals surface area contributed by atoms with E-state index in [2.05, 4.69) is 24.3 Å². The van der Waals surface area contributed by atoms with Gasteiger partial charge in [-0.3, -0.25) is 0 Å². The van der Waals surface area contributed by atoms with Crippen LogP contribution in [-0.2, 0) is 4.08 Å². The van der Waals surface area contributed by atoms with E-state index in [1.165, 1.54) is 23.5 Å². The molecule has 2 saturated heterocycles. The highest BCUT2D eigenvalue weighted by Crippen LogP contribution is 2.77. The smallest absolute Gasteiger partial charge is 0.196 e. The summed E-state index contributed by atoms with van der Waals surface area (Å²) >= 11 is 9.06. The van der Waals surface area contributed by atoms with Gasteiger partial charge >= 0.3 is 0 Å². The second-order valence-corrected chi connectivity index (χ2v) is 10.4. The van der Waals surface area contributed by atoms with Gasteiger partial charge < -0.3 is 0 Å². The molecule has 0 aromatic heterocycles. The van der Waals surface area contributed by atoms with E-state index < -0.39 is 20.8 Å². The summed E-state index contributed by atoms with van der Waals surface area (Å²) < 4.78 is -1.05. The topological polar surface area (TPSA) is 95.2 Å². The molecule has 0 saturated carbocycles. The maximum absolute atomic E-state index is 10.4. The molecule has 2 aromatic carbocycles. The molecule has 4 nitrogen and oxygen atoms in total. The summed E-state index contributed by atoms with van der Waals surface area (Å²) in [6.45, 7) is 0. The van der Waals surface area contributed by atoms with E-state index in [1.54, 1.807) is 24.3 Å². The molecule has 2 aliphatic rings. The standard InChI is InChI=1S/C22H13ClN4S2/c23-17-8-6-16(7-9-17)22-21(13-26,14-27)20(11-24,12-25)19(18(29-22)10-28-22)15-4-2-1-3-5-15/h1-9,18-19H,10H2/t18-,19+,22+/m1/s1. The van der Waals surface area contributed by atoms with Gasteiger partial charge in [0.15, 0.2) is 5.41 Å². The van der Waals surface area contributed by atoms with Crippen LogP contribution in [0.2, 0.25) is 5.02 Å². The summed E-state index contributed by atoms with van der Waals surface area (Å²) in [5, 5.41) is 41.9. The Kier molecular flexibility index (Phi) is 4.77. The molecule has 0 radical (unpaired) electrons. The maximum atomic E-state index is 10.4. The number of halogens is 1. The zero-order valence-corrected chi connectivity index (χ0v) is 17.4. The van der Waals surface area contributed by atoms with E-state index in [0.29, 0.717) is 10.8 Å². The number of nitriles is 4. The van der Waals surface area contributed by atoms with Crippen molar-refractivity contribution >= 4 is 35.1 Å². The average molecular weight is 433 g/mol. The van der Waals surface area contributed by atoms with Crippen LogP contribution in [0.3, 0.4) is 0 Å². The Bertz CT molecular complexity index is 1090. The van der Waals surface area contributed by atoms with Crippen LogP contribution in [0.5, 0.6) is 0 Å². The van der Waals surface area contributed by atoms with Crippen molar-refractivity contribution in [3.63, 3.8) is 0 Å². The minimum atomic E-state index is -1.87. The fraction of sp³-hybridized carbons (Fsp3) is 0.273. The van der Waals surface area contributed by atoms with Gasteiger partial charge in [0, 0.05) is 21.9 Å². The highest BCUT2D eigenvalue weighted by Gasteiger charge is 2.77. The van der Waals surface area contributed by atoms with Crippen molar-refractivity contribution in [2.75, 3.05) is 5.75 Å². The lowest BCUT2D eigenvalue weighted by molar-refractivity contribution is 0.216. The summed E-state index contributed by atoms with van der Waals surface area (Å²) in [5.74, 6) is 0.0710. The Balaban J connectivity index is 2.05. The Morgan fingerprint density at radius 2 is 1.48 bits per heavy atom. The predicted molar refractivity (Wildman–Crippen MR) is 113 cm³/mol. The third-order valence-corrected chi connectivity index (χ3v) is 9.96. The molecule has 29 heavy (non-hydrogen) atoms. The van der Waals surface area contributed by atoms with Gasteiger partial charge in [-0.15, -0.1) is 23.5 Å². The molecule has 2 bridgehead atoms. The highest BCUT2D eigenvalue weighted by atomic mass is 35.5. The summed E-state index contributed by atoms with van der Waals surface area (Å²) in [7, 11) is 0. The van der Waals surface area contributed by atoms with Gasteiger partial charge in [-0.05, 0) is 23.3 Å². The first kappa shape index (κ1) is 19.7. The first-order chi connectivity index (χ1) is 14.0. The molecule has 2 fully saturated rings. The monoisotopic (exact) mass is 432 g/mol. The lowest BCUT2D eigenvalue weighted by Gasteiger charge is -2.51. The average Bonchev–Trinajstić information content (AvgIpc) is 3.17. The van der Waals surface area contributed by atoms with E-state index in [4.69, 9.17) is 11.6 Å². The first-order valence-corrected chi connectivity index (χ1v) is 11.1. The van der Waals surface area contributed by atoms with Crippen molar-refractivity contribution in [1.82, 2.24) is 0 Å². The second kappa shape index (κ2) is 7.02. The zero-order valence-electron chi connectivity index (χ0n) is 15.0. The molecule has 2 heterocycles. The molecule has 2 aromatic rings. The molecular formula is C22H13ClN4S2. The van der Waals surface area contributed by atoms with Crippen molar-refractivity contribution in [2.24, 2.45) is 10.8 Å². The van der Waals surface area contributed by atoms with Crippen molar-refractivity contribution in [1.29, 1.82) is 21.0 Å². The lowest BCUT2D eigenvalue weighted by atomic mass is 9.55. The fourth-order valence-electron chi connectivity index (χ4n) is 4.46. The molecule has 4 rings (SSSR count). The third-order valence-electron chi connectivity index (χ3n) is 5.76. The van der Waals surface area contributed by atoms with Crippen molar-refractivity contribution < 1.29 is 0 Å². The van der Waals surface area contributed by atoms with Crippen LogP contribution in [0.25, 0.3) is 0 Å². The van der Waals surface area contributed by atoms with Crippen LogP contribution >= 0.6 is 35.1 Å². The number of fused-ring (bicyclic) bond motifs is 2. The molecule has 0 N–H and O–H groups in total. The highest BCUT2D eigenvalue weighted by molar-refractivity contribution is 8.21. The Morgan fingerprint density at radius 3 is 2.03 bits per heavy atom. The third kappa shape index (κ3) is 2.38. The molecule has 7 heteroatoms. The van der Waals surface area contributed by atoms with Gasteiger partial charge in [-0.2, -0.15) is 21.0 Å². The summed E-state index contributed by atoms with van der Waals surface area (Å²) in [4.78, 5) is 0. The molecule has 0 unspecified atom stereocenters.